The van der Waals surface area contributed by atoms with Gasteiger partial charge in [-0.25, -0.2) is 0 Å². The Balaban J connectivity index is -0.000000403. The van der Waals surface area contributed by atoms with Crippen molar-refractivity contribution in [1.82, 2.24) is 0 Å². The first-order chi connectivity index (χ1) is 5.24. The summed E-state index contributed by atoms with van der Waals surface area (Å²) in [5.41, 5.74) is 4.42. The van der Waals surface area contributed by atoms with E-state index < -0.39 is 6.10 Å². The molecule has 0 saturated heterocycles. The summed E-state index contributed by atoms with van der Waals surface area (Å²) in [5, 5.41) is 9.98. The van der Waals surface area contributed by atoms with E-state index in [0.29, 0.717) is 11.6 Å². The molecule has 0 bridgehead atoms. The zero-order valence-corrected chi connectivity index (χ0v) is 9.02. The smallest absolute Gasteiger partial charge is 0.128 e. The van der Waals surface area contributed by atoms with E-state index in [1.54, 1.807) is 12.1 Å². The predicted molar refractivity (Wildman–Crippen MR) is 51.4 cm³/mol. The first kappa shape index (κ1) is 19.2. The summed E-state index contributed by atoms with van der Waals surface area (Å²) < 4.78 is 0. The number of aliphatic hydroxyl groups is 1. The second-order valence-corrected chi connectivity index (χ2v) is 2.80. The Hall–Kier alpha value is -0.360. The molecule has 1 rings (SSSR count). The number of hydrogen-bond donors (Lipinski definition) is 2. The molecule has 1 unspecified atom stereocenters. The molecule has 0 amide bonds. The summed E-state index contributed by atoms with van der Waals surface area (Å²) in [5.74, 6) is 0. The highest BCUT2D eigenvalue weighted by Gasteiger charge is 2.05. The average molecular weight is 244 g/mol. The predicted octanol–water partition coefficient (Wildman–Crippen LogP) is -4.03. The van der Waals surface area contributed by atoms with Crippen molar-refractivity contribution in [3.05, 3.63) is 34.9 Å². The number of quaternary nitrogens is 1. The quantitative estimate of drug-likeness (QED) is 0.542. The monoisotopic (exact) mass is 243 g/mol. The number of aliphatic hydroxyl groups excluding tert-OH is 1. The van der Waals surface area contributed by atoms with Crippen LogP contribution in [0.1, 0.15) is 11.7 Å². The van der Waals surface area contributed by atoms with Crippen LogP contribution >= 0.6 is 11.6 Å². The molecule has 14 heavy (non-hydrogen) atoms. The zero-order valence-electron chi connectivity index (χ0n) is 7.50. The molecule has 0 aliphatic rings. The van der Waals surface area contributed by atoms with Gasteiger partial charge in [-0.3, -0.25) is 0 Å². The summed E-state index contributed by atoms with van der Waals surface area (Å²) in [7, 11) is 0. The normalized spacial score (nSPS) is 10.2. The molecule has 4 nitrogen and oxygen atoms in total. The van der Waals surface area contributed by atoms with Gasteiger partial charge in [-0.05, 0) is 17.7 Å². The zero-order chi connectivity index (χ0) is 8.27. The molecule has 0 aromatic heterocycles. The molecule has 0 heterocycles. The largest absolute Gasteiger partial charge is 1.00 e. The Morgan fingerprint density at radius 2 is 1.93 bits per heavy atom. The number of rotatable bonds is 2. The molecular weight excluding hydrogens is 229 g/mol. The number of benzene rings is 1. The van der Waals surface area contributed by atoms with Crippen molar-refractivity contribution < 1.29 is 34.2 Å². The Labute approximate surface area is 93.7 Å². The summed E-state index contributed by atoms with van der Waals surface area (Å²) >= 11 is 5.71. The van der Waals surface area contributed by atoms with E-state index in [-0.39, 0.29) is 23.4 Å². The van der Waals surface area contributed by atoms with E-state index in [0.717, 1.165) is 5.56 Å². The Bertz CT molecular complexity index is 248. The van der Waals surface area contributed by atoms with Crippen molar-refractivity contribution in [2.24, 2.45) is 0 Å². The van der Waals surface area contributed by atoms with Gasteiger partial charge in [0.2, 0.25) is 0 Å². The maximum atomic E-state index is 9.33. The van der Waals surface area contributed by atoms with Crippen LogP contribution in [0.15, 0.2) is 24.3 Å². The lowest BCUT2D eigenvalue weighted by Crippen LogP contribution is -3.00. The highest BCUT2D eigenvalue weighted by Crippen LogP contribution is 2.15. The molecule has 0 spiro atoms. The molecule has 1 atom stereocenters. The van der Waals surface area contributed by atoms with Crippen LogP contribution in [0.4, 0.5) is 0 Å². The Morgan fingerprint density at radius 1 is 1.36 bits per heavy atom. The minimum Gasteiger partial charge on any atom is -1.00 e. The number of hydrogen-bond acceptors (Lipinski definition) is 1. The van der Waals surface area contributed by atoms with Crippen LogP contribution < -0.4 is 18.1 Å². The van der Waals surface area contributed by atoms with Crippen LogP contribution in [0.5, 0.6) is 0 Å². The first-order valence-corrected chi connectivity index (χ1v) is 3.84. The standard InChI is InChI=1S/C8H10ClNO.ClH.2H2O/c9-7-3-1-2-6(4-7)8(11)5-10;;;/h1-4,8,11H,5,10H2;1H;2*1H2. The third-order valence-electron chi connectivity index (χ3n) is 1.51. The van der Waals surface area contributed by atoms with E-state index in [9.17, 15) is 5.11 Å². The fourth-order valence-electron chi connectivity index (χ4n) is 0.881. The molecule has 0 aliphatic heterocycles. The fraction of sp³-hybridized carbons (Fsp3) is 0.250. The van der Waals surface area contributed by atoms with E-state index in [1.165, 1.54) is 0 Å². The van der Waals surface area contributed by atoms with Crippen molar-refractivity contribution in [2.75, 3.05) is 6.54 Å². The van der Waals surface area contributed by atoms with Gasteiger partial charge in [0, 0.05) is 5.02 Å². The molecule has 0 aliphatic carbocycles. The van der Waals surface area contributed by atoms with Gasteiger partial charge in [0.1, 0.15) is 12.6 Å². The summed E-state index contributed by atoms with van der Waals surface area (Å²) in [6.07, 6.45) is -0.492. The highest BCUT2D eigenvalue weighted by atomic mass is 35.5. The van der Waals surface area contributed by atoms with E-state index >= 15 is 0 Å². The van der Waals surface area contributed by atoms with Crippen LogP contribution in [0.25, 0.3) is 0 Å². The minimum atomic E-state index is -0.492. The second-order valence-electron chi connectivity index (χ2n) is 2.36. The first-order valence-electron chi connectivity index (χ1n) is 3.47. The lowest BCUT2D eigenvalue weighted by molar-refractivity contribution is -0.385. The molecule has 0 fully saturated rings. The highest BCUT2D eigenvalue weighted by molar-refractivity contribution is 6.30. The summed E-state index contributed by atoms with van der Waals surface area (Å²) in [6.45, 7) is 0.473. The van der Waals surface area contributed by atoms with Crippen LogP contribution in [-0.4, -0.2) is 22.6 Å². The maximum absolute atomic E-state index is 9.33. The van der Waals surface area contributed by atoms with Crippen molar-refractivity contribution in [1.29, 1.82) is 0 Å². The SMILES string of the molecule is O.O.[Cl-].[NH3+]CC(O)c1cccc(Cl)c1. The van der Waals surface area contributed by atoms with Gasteiger partial charge in [-0.15, -0.1) is 0 Å². The minimum absolute atomic E-state index is 0. The molecule has 0 radical (unpaired) electrons. The van der Waals surface area contributed by atoms with Crippen molar-refractivity contribution in [2.45, 2.75) is 6.10 Å². The Kier molecular flexibility index (Phi) is 12.7. The lowest BCUT2D eigenvalue weighted by Gasteiger charge is -2.05. The average Bonchev–Trinajstić information content (AvgIpc) is 2.03. The summed E-state index contributed by atoms with van der Waals surface area (Å²) in [4.78, 5) is 0. The van der Waals surface area contributed by atoms with Gasteiger partial charge >= 0.3 is 0 Å². The van der Waals surface area contributed by atoms with Crippen molar-refractivity contribution in [3.8, 4) is 0 Å². The molecule has 0 saturated carbocycles. The van der Waals surface area contributed by atoms with Gasteiger partial charge in [0.25, 0.3) is 0 Å². The molecule has 6 heteroatoms. The van der Waals surface area contributed by atoms with Gasteiger partial charge in [0.05, 0.1) is 0 Å². The van der Waals surface area contributed by atoms with Gasteiger partial charge in [-0.1, -0.05) is 23.7 Å². The van der Waals surface area contributed by atoms with Crippen molar-refractivity contribution >= 4 is 11.6 Å². The topological polar surface area (TPSA) is 111 Å². The number of halogens is 2. The maximum Gasteiger partial charge on any atom is 0.128 e. The fourth-order valence-corrected chi connectivity index (χ4v) is 1.08. The van der Waals surface area contributed by atoms with Crippen LogP contribution in [0, 0.1) is 0 Å². The molecule has 84 valence electrons. The molecular formula is C8H15Cl2NO3. The Morgan fingerprint density at radius 3 is 2.36 bits per heavy atom. The third kappa shape index (κ3) is 5.39. The van der Waals surface area contributed by atoms with Gasteiger partial charge in [0.15, 0.2) is 0 Å². The van der Waals surface area contributed by atoms with E-state index in [2.05, 4.69) is 5.73 Å². The van der Waals surface area contributed by atoms with Gasteiger partial charge < -0.3 is 34.2 Å². The van der Waals surface area contributed by atoms with E-state index in [1.807, 2.05) is 12.1 Å². The van der Waals surface area contributed by atoms with E-state index in [4.69, 9.17) is 11.6 Å². The van der Waals surface area contributed by atoms with Crippen LogP contribution in [0.2, 0.25) is 5.02 Å². The van der Waals surface area contributed by atoms with Crippen LogP contribution in [0.3, 0.4) is 0 Å². The summed E-state index contributed by atoms with van der Waals surface area (Å²) in [6, 6.07) is 7.18. The second kappa shape index (κ2) is 9.21. The molecule has 1 aromatic rings. The third-order valence-corrected chi connectivity index (χ3v) is 1.74. The van der Waals surface area contributed by atoms with Crippen LogP contribution in [-0.2, 0) is 0 Å². The van der Waals surface area contributed by atoms with Crippen molar-refractivity contribution in [3.63, 3.8) is 0 Å². The molecule has 1 aromatic carbocycles. The molecule has 8 N–H and O–H groups in total. The lowest BCUT2D eigenvalue weighted by atomic mass is 10.1. The van der Waals surface area contributed by atoms with Gasteiger partial charge in [-0.2, -0.15) is 0 Å².